The maximum absolute atomic E-state index is 12.8. The molecule has 0 aliphatic carbocycles. The number of aryl methyl sites for hydroxylation is 1. The van der Waals surface area contributed by atoms with E-state index >= 15 is 0 Å². The highest BCUT2D eigenvalue weighted by atomic mass is 32.1. The summed E-state index contributed by atoms with van der Waals surface area (Å²) in [4.78, 5) is 37.9. The fourth-order valence-corrected chi connectivity index (χ4v) is 4.34. The van der Waals surface area contributed by atoms with Crippen LogP contribution in [0.4, 0.5) is 4.79 Å². The van der Waals surface area contributed by atoms with Gasteiger partial charge in [0.2, 0.25) is 0 Å². The van der Waals surface area contributed by atoms with E-state index in [-0.39, 0.29) is 17.2 Å². The van der Waals surface area contributed by atoms with Gasteiger partial charge in [-0.1, -0.05) is 32.8 Å². The van der Waals surface area contributed by atoms with Crippen molar-refractivity contribution in [2.75, 3.05) is 0 Å². The van der Waals surface area contributed by atoms with Gasteiger partial charge in [-0.15, -0.1) is 11.3 Å². The number of ketones is 1. The number of hydrogen-bond donors (Lipinski definition) is 3. The molecule has 0 aromatic carbocycles. The predicted molar refractivity (Wildman–Crippen MR) is 130 cm³/mol. The summed E-state index contributed by atoms with van der Waals surface area (Å²) in [5.41, 5.74) is -0.898. The Hall–Kier alpha value is -3.13. The third-order valence-electron chi connectivity index (χ3n) is 5.18. The fourth-order valence-electron chi connectivity index (χ4n) is 3.28. The van der Waals surface area contributed by atoms with E-state index in [0.29, 0.717) is 18.4 Å². The number of carboxylic acid groups (broad SMARTS) is 1. The summed E-state index contributed by atoms with van der Waals surface area (Å²) >= 11 is 1.62. The Morgan fingerprint density at radius 2 is 2.03 bits per heavy atom. The van der Waals surface area contributed by atoms with Crippen molar-refractivity contribution in [3.63, 3.8) is 0 Å². The van der Waals surface area contributed by atoms with E-state index < -0.39 is 23.3 Å². The molecule has 0 bridgehead atoms. The van der Waals surface area contributed by atoms with Gasteiger partial charge >= 0.3 is 11.7 Å². The van der Waals surface area contributed by atoms with Crippen LogP contribution in [0.25, 0.3) is 6.08 Å². The van der Waals surface area contributed by atoms with Crippen LogP contribution in [0.5, 0.6) is 5.75 Å². The smallest absolute Gasteiger partial charge is 0.408 e. The highest BCUT2D eigenvalue weighted by Gasteiger charge is 2.22. The third kappa shape index (κ3) is 8.05. The number of allylic oxidation sites excluding steroid dienone is 2. The Morgan fingerprint density at radius 1 is 1.27 bits per heavy atom. The summed E-state index contributed by atoms with van der Waals surface area (Å²) in [6.45, 7) is 5.60. The van der Waals surface area contributed by atoms with E-state index in [9.17, 15) is 19.5 Å². The third-order valence-corrected chi connectivity index (χ3v) is 6.27. The van der Waals surface area contributed by atoms with Gasteiger partial charge in [-0.05, 0) is 56.4 Å². The van der Waals surface area contributed by atoms with Gasteiger partial charge in [-0.25, -0.2) is 9.59 Å². The standard InChI is InChI=1S/C25H31NO6S/c1-4-5-6-10-18-11-12-19(33-18)14-17(3)23(28)22-20(27)15-21(32-24(22)29)16(2)9-7-8-13-26-25(30)31/h8,11-16,26-27H,4-7,9-10H2,1-3H3,(H,30,31)/b13-8+,17-14+. The number of hydrogen-bond acceptors (Lipinski definition) is 6. The lowest BCUT2D eigenvalue weighted by Crippen LogP contribution is -2.16. The molecular weight excluding hydrogens is 442 g/mol. The molecule has 2 rings (SSSR count). The van der Waals surface area contributed by atoms with Gasteiger partial charge in [0, 0.05) is 27.9 Å². The van der Waals surface area contributed by atoms with Gasteiger partial charge in [0.25, 0.3) is 0 Å². The molecule has 0 fully saturated rings. The highest BCUT2D eigenvalue weighted by Crippen LogP contribution is 2.27. The molecule has 0 aliphatic rings. The quantitative estimate of drug-likeness (QED) is 0.195. The lowest BCUT2D eigenvalue weighted by Gasteiger charge is -2.11. The maximum atomic E-state index is 12.8. The Morgan fingerprint density at radius 3 is 2.70 bits per heavy atom. The summed E-state index contributed by atoms with van der Waals surface area (Å²) in [6, 6.07) is 5.32. The van der Waals surface area contributed by atoms with Crippen molar-refractivity contribution in [2.45, 2.75) is 65.2 Å². The van der Waals surface area contributed by atoms with Crippen LogP contribution in [0.15, 0.2) is 45.3 Å². The molecule has 1 atom stereocenters. The van der Waals surface area contributed by atoms with Crippen molar-refractivity contribution in [3.8, 4) is 5.75 Å². The molecule has 0 aliphatic heterocycles. The van der Waals surface area contributed by atoms with Crippen LogP contribution < -0.4 is 10.9 Å². The van der Waals surface area contributed by atoms with Gasteiger partial charge < -0.3 is 14.6 Å². The molecule has 178 valence electrons. The molecule has 0 saturated carbocycles. The number of aromatic hydroxyl groups is 1. The fraction of sp³-hybridized carbons (Fsp3) is 0.400. The first kappa shape index (κ1) is 26.1. The van der Waals surface area contributed by atoms with Gasteiger partial charge in [0.1, 0.15) is 17.1 Å². The van der Waals surface area contributed by atoms with Crippen molar-refractivity contribution in [2.24, 2.45) is 0 Å². The van der Waals surface area contributed by atoms with E-state index in [1.807, 2.05) is 13.0 Å². The molecule has 8 heteroatoms. The van der Waals surface area contributed by atoms with Crippen molar-refractivity contribution in [3.05, 3.63) is 67.5 Å². The monoisotopic (exact) mass is 473 g/mol. The van der Waals surface area contributed by atoms with E-state index in [2.05, 4.69) is 18.3 Å². The van der Waals surface area contributed by atoms with Crippen LogP contribution in [0.2, 0.25) is 0 Å². The molecule has 2 aromatic heterocycles. The number of carbonyl (C=O) groups excluding carboxylic acids is 1. The van der Waals surface area contributed by atoms with Gasteiger partial charge in [0.05, 0.1) is 0 Å². The average Bonchev–Trinajstić information content (AvgIpc) is 3.19. The molecule has 33 heavy (non-hydrogen) atoms. The second-order valence-corrected chi connectivity index (χ2v) is 9.14. The average molecular weight is 474 g/mol. The number of nitrogens with one attached hydrogen (secondary N) is 1. The highest BCUT2D eigenvalue weighted by molar-refractivity contribution is 7.12. The molecule has 1 amide bonds. The van der Waals surface area contributed by atoms with E-state index in [0.717, 1.165) is 24.1 Å². The molecule has 0 saturated heterocycles. The van der Waals surface area contributed by atoms with Crippen molar-refractivity contribution < 1.29 is 24.2 Å². The summed E-state index contributed by atoms with van der Waals surface area (Å²) in [5, 5.41) is 21.0. The summed E-state index contributed by atoms with van der Waals surface area (Å²) in [7, 11) is 0. The number of amides is 1. The number of thiophene rings is 1. The lowest BCUT2D eigenvalue weighted by atomic mass is 10.00. The lowest BCUT2D eigenvalue weighted by molar-refractivity contribution is 0.102. The molecule has 3 N–H and O–H groups in total. The number of rotatable bonds is 12. The molecule has 0 spiro atoms. The molecule has 0 radical (unpaired) electrons. The predicted octanol–water partition coefficient (Wildman–Crippen LogP) is 6.09. The van der Waals surface area contributed by atoms with Crippen molar-refractivity contribution >= 4 is 29.3 Å². The minimum absolute atomic E-state index is 0.212. The summed E-state index contributed by atoms with van der Waals surface area (Å²) in [5.74, 6) is -0.911. The molecular formula is C25H31NO6S. The van der Waals surface area contributed by atoms with Gasteiger partial charge in [-0.2, -0.15) is 0 Å². The molecule has 2 heterocycles. The van der Waals surface area contributed by atoms with E-state index in [1.54, 1.807) is 30.4 Å². The normalized spacial score (nSPS) is 12.8. The Kier molecular flexibility index (Phi) is 10.1. The second kappa shape index (κ2) is 12.8. The first-order chi connectivity index (χ1) is 15.7. The number of unbranched alkanes of at least 4 members (excludes halogenated alkanes) is 2. The molecule has 1 unspecified atom stereocenters. The van der Waals surface area contributed by atoms with Crippen LogP contribution in [0, 0.1) is 0 Å². The SMILES string of the molecule is CCCCCc1ccc(/C=C(\C)C(=O)c2c(O)cc(C(C)CC/C=C/NC(=O)O)oc2=O)s1. The maximum Gasteiger partial charge on any atom is 0.408 e. The van der Waals surface area contributed by atoms with Crippen LogP contribution in [-0.4, -0.2) is 22.1 Å². The first-order valence-corrected chi connectivity index (χ1v) is 11.9. The number of carbonyl (C=O) groups is 2. The van der Waals surface area contributed by atoms with E-state index in [4.69, 9.17) is 9.52 Å². The van der Waals surface area contributed by atoms with Crippen LogP contribution >= 0.6 is 11.3 Å². The minimum Gasteiger partial charge on any atom is -0.507 e. The van der Waals surface area contributed by atoms with Gasteiger partial charge in [0.15, 0.2) is 5.78 Å². The molecule has 7 nitrogen and oxygen atoms in total. The van der Waals surface area contributed by atoms with Gasteiger partial charge in [-0.3, -0.25) is 10.1 Å². The topological polar surface area (TPSA) is 117 Å². The van der Waals surface area contributed by atoms with Crippen LogP contribution in [0.3, 0.4) is 0 Å². The Balaban J connectivity index is 2.09. The zero-order valence-corrected chi connectivity index (χ0v) is 20.0. The zero-order chi connectivity index (χ0) is 24.4. The zero-order valence-electron chi connectivity index (χ0n) is 19.2. The van der Waals surface area contributed by atoms with E-state index in [1.165, 1.54) is 23.6 Å². The largest absolute Gasteiger partial charge is 0.507 e. The Labute approximate surface area is 197 Å². The first-order valence-electron chi connectivity index (χ1n) is 11.1. The Bertz CT molecular complexity index is 1080. The van der Waals surface area contributed by atoms with Crippen molar-refractivity contribution in [1.82, 2.24) is 5.32 Å². The number of Topliss-reactive ketones (excluding diaryl/α,β-unsaturated/α-hetero) is 1. The second-order valence-electron chi connectivity index (χ2n) is 7.94. The summed E-state index contributed by atoms with van der Waals surface area (Å²) in [6.07, 6.45) is 9.13. The minimum atomic E-state index is -1.15. The van der Waals surface area contributed by atoms with Crippen LogP contribution in [0.1, 0.15) is 84.7 Å². The summed E-state index contributed by atoms with van der Waals surface area (Å²) < 4.78 is 5.33. The van der Waals surface area contributed by atoms with Crippen molar-refractivity contribution in [1.29, 1.82) is 0 Å². The molecule has 2 aromatic rings. The van der Waals surface area contributed by atoms with Crippen LogP contribution in [-0.2, 0) is 6.42 Å².